The summed E-state index contributed by atoms with van der Waals surface area (Å²) < 4.78 is 0. The molecule has 0 spiro atoms. The van der Waals surface area contributed by atoms with Gasteiger partial charge in [-0.1, -0.05) is 32.8 Å². The van der Waals surface area contributed by atoms with Crippen molar-refractivity contribution in [2.24, 2.45) is 0 Å². The maximum atomic E-state index is 11.8. The molecule has 2 amide bonds. The molecule has 21 heavy (non-hydrogen) atoms. The minimum absolute atomic E-state index is 0.288. The fourth-order valence-electron chi connectivity index (χ4n) is 1.99. The van der Waals surface area contributed by atoms with Gasteiger partial charge in [-0.3, -0.25) is 4.98 Å². The maximum absolute atomic E-state index is 11.8. The van der Waals surface area contributed by atoms with E-state index in [4.69, 9.17) is 5.11 Å². The Bertz CT molecular complexity index is 477. The van der Waals surface area contributed by atoms with Crippen LogP contribution in [0.15, 0.2) is 18.3 Å². The summed E-state index contributed by atoms with van der Waals surface area (Å²) in [5, 5.41) is 14.2. The summed E-state index contributed by atoms with van der Waals surface area (Å²) >= 11 is 0. The van der Waals surface area contributed by atoms with Gasteiger partial charge < -0.3 is 15.7 Å². The Labute approximate surface area is 125 Å². The number of nitrogens with one attached hydrogen (secondary N) is 2. The Balaban J connectivity index is 2.50. The Morgan fingerprint density at radius 1 is 1.38 bits per heavy atom. The molecule has 0 radical (unpaired) electrons. The van der Waals surface area contributed by atoms with Crippen molar-refractivity contribution in [3.05, 3.63) is 29.6 Å². The van der Waals surface area contributed by atoms with Crippen LogP contribution in [0.3, 0.4) is 0 Å². The number of carboxylic acid groups (broad SMARTS) is 1. The first-order chi connectivity index (χ1) is 10.1. The van der Waals surface area contributed by atoms with Crippen LogP contribution in [0, 0.1) is 0 Å². The number of urea groups is 1. The second kappa shape index (κ2) is 8.94. The average molecular weight is 293 g/mol. The molecule has 1 aromatic rings. The standard InChI is InChI=1S/C15H23N3O3/c1-3-5-8-12(14(19)20)18-15(21)17-10-13-11(4-2)7-6-9-16-13/h6-7,9,12H,3-5,8,10H2,1-2H3,(H,19,20)(H2,17,18,21)/t12-/m0/s1. The second-order valence-electron chi connectivity index (χ2n) is 4.82. The molecule has 0 aromatic carbocycles. The van der Waals surface area contributed by atoms with Crippen molar-refractivity contribution < 1.29 is 14.7 Å². The molecule has 0 fully saturated rings. The van der Waals surface area contributed by atoms with Gasteiger partial charge in [0, 0.05) is 6.20 Å². The van der Waals surface area contributed by atoms with Gasteiger partial charge in [-0.2, -0.15) is 0 Å². The van der Waals surface area contributed by atoms with Gasteiger partial charge in [-0.25, -0.2) is 9.59 Å². The highest BCUT2D eigenvalue weighted by Gasteiger charge is 2.19. The lowest BCUT2D eigenvalue weighted by Crippen LogP contribution is -2.45. The van der Waals surface area contributed by atoms with Crippen molar-refractivity contribution in [2.75, 3.05) is 0 Å². The lowest BCUT2D eigenvalue weighted by atomic mass is 10.1. The lowest BCUT2D eigenvalue weighted by molar-refractivity contribution is -0.139. The number of hydrogen-bond donors (Lipinski definition) is 3. The normalized spacial score (nSPS) is 11.7. The highest BCUT2D eigenvalue weighted by atomic mass is 16.4. The Morgan fingerprint density at radius 2 is 2.14 bits per heavy atom. The molecule has 6 nitrogen and oxygen atoms in total. The summed E-state index contributed by atoms with van der Waals surface area (Å²) in [5.41, 5.74) is 1.87. The number of hydrogen-bond acceptors (Lipinski definition) is 3. The number of carboxylic acids is 1. The maximum Gasteiger partial charge on any atom is 0.326 e. The summed E-state index contributed by atoms with van der Waals surface area (Å²) in [6, 6.07) is 2.49. The third-order valence-electron chi connectivity index (χ3n) is 3.23. The number of unbranched alkanes of at least 4 members (excludes halogenated alkanes) is 1. The molecule has 0 saturated carbocycles. The van der Waals surface area contributed by atoms with E-state index in [1.165, 1.54) is 0 Å². The largest absolute Gasteiger partial charge is 0.480 e. The van der Waals surface area contributed by atoms with Gasteiger partial charge in [0.15, 0.2) is 0 Å². The van der Waals surface area contributed by atoms with Crippen LogP contribution in [0.25, 0.3) is 0 Å². The van der Waals surface area contributed by atoms with Crippen LogP contribution >= 0.6 is 0 Å². The van der Waals surface area contributed by atoms with E-state index < -0.39 is 18.0 Å². The summed E-state index contributed by atoms with van der Waals surface area (Å²) in [6.45, 7) is 4.29. The topological polar surface area (TPSA) is 91.3 Å². The third kappa shape index (κ3) is 5.81. The third-order valence-corrected chi connectivity index (χ3v) is 3.23. The molecule has 0 bridgehead atoms. The van der Waals surface area contributed by atoms with Crippen LogP contribution in [-0.4, -0.2) is 28.1 Å². The Morgan fingerprint density at radius 3 is 2.76 bits per heavy atom. The van der Waals surface area contributed by atoms with Gasteiger partial charge in [0.1, 0.15) is 6.04 Å². The van der Waals surface area contributed by atoms with E-state index in [-0.39, 0.29) is 6.54 Å². The molecule has 0 aliphatic heterocycles. The van der Waals surface area contributed by atoms with Crippen LogP contribution in [0.1, 0.15) is 44.4 Å². The van der Waals surface area contributed by atoms with Crippen LogP contribution < -0.4 is 10.6 Å². The second-order valence-corrected chi connectivity index (χ2v) is 4.82. The van der Waals surface area contributed by atoms with Crippen LogP contribution in [0.2, 0.25) is 0 Å². The first-order valence-corrected chi connectivity index (χ1v) is 7.28. The number of aliphatic carboxylic acids is 1. The zero-order valence-corrected chi connectivity index (χ0v) is 12.6. The smallest absolute Gasteiger partial charge is 0.326 e. The Kier molecular flexibility index (Phi) is 7.21. The number of aromatic nitrogens is 1. The number of amides is 2. The monoisotopic (exact) mass is 293 g/mol. The SMILES string of the molecule is CCCC[C@H](NC(=O)NCc1ncccc1CC)C(=O)O. The summed E-state index contributed by atoms with van der Waals surface area (Å²) in [4.78, 5) is 27.1. The molecule has 6 heteroatoms. The highest BCUT2D eigenvalue weighted by Crippen LogP contribution is 2.05. The van der Waals surface area contributed by atoms with Crippen molar-refractivity contribution in [3.63, 3.8) is 0 Å². The highest BCUT2D eigenvalue weighted by molar-refractivity contribution is 5.82. The fourth-order valence-corrected chi connectivity index (χ4v) is 1.99. The molecule has 1 atom stereocenters. The summed E-state index contributed by atoms with van der Waals surface area (Å²) in [6.07, 6.45) is 4.59. The summed E-state index contributed by atoms with van der Waals surface area (Å²) in [7, 11) is 0. The number of aryl methyl sites for hydroxylation is 1. The molecule has 116 valence electrons. The van der Waals surface area contributed by atoms with E-state index in [0.29, 0.717) is 6.42 Å². The number of carbonyl (C=O) groups excluding carboxylic acids is 1. The molecular weight excluding hydrogens is 270 g/mol. The Hall–Kier alpha value is -2.11. The van der Waals surface area contributed by atoms with E-state index in [0.717, 1.165) is 30.5 Å². The van der Waals surface area contributed by atoms with Crippen LogP contribution in [-0.2, 0) is 17.8 Å². The van der Waals surface area contributed by atoms with Crippen molar-refractivity contribution in [1.82, 2.24) is 15.6 Å². The zero-order valence-electron chi connectivity index (χ0n) is 12.6. The fraction of sp³-hybridized carbons (Fsp3) is 0.533. The molecular formula is C15H23N3O3. The molecule has 1 rings (SSSR count). The van der Waals surface area contributed by atoms with Crippen LogP contribution in [0.5, 0.6) is 0 Å². The van der Waals surface area contributed by atoms with E-state index in [2.05, 4.69) is 15.6 Å². The minimum atomic E-state index is -1.01. The van der Waals surface area contributed by atoms with Crippen molar-refractivity contribution in [3.8, 4) is 0 Å². The molecule has 1 aromatic heterocycles. The molecule has 3 N–H and O–H groups in total. The minimum Gasteiger partial charge on any atom is -0.480 e. The zero-order chi connectivity index (χ0) is 15.7. The molecule has 0 saturated heterocycles. The molecule has 0 aliphatic carbocycles. The van der Waals surface area contributed by atoms with Crippen molar-refractivity contribution in [1.29, 1.82) is 0 Å². The number of carbonyl (C=O) groups is 2. The van der Waals surface area contributed by atoms with E-state index in [1.54, 1.807) is 6.20 Å². The van der Waals surface area contributed by atoms with Gasteiger partial charge >= 0.3 is 12.0 Å². The predicted molar refractivity (Wildman–Crippen MR) is 79.9 cm³/mol. The number of nitrogens with zero attached hydrogens (tertiary/aromatic N) is 1. The van der Waals surface area contributed by atoms with Crippen LogP contribution in [0.4, 0.5) is 4.79 Å². The number of pyridine rings is 1. The van der Waals surface area contributed by atoms with E-state index in [9.17, 15) is 9.59 Å². The first kappa shape index (κ1) is 16.9. The van der Waals surface area contributed by atoms with E-state index in [1.807, 2.05) is 26.0 Å². The lowest BCUT2D eigenvalue weighted by Gasteiger charge is -2.15. The molecule has 1 heterocycles. The predicted octanol–water partition coefficient (Wildman–Crippen LogP) is 2.09. The van der Waals surface area contributed by atoms with E-state index >= 15 is 0 Å². The average Bonchev–Trinajstić information content (AvgIpc) is 2.49. The van der Waals surface area contributed by atoms with Crippen molar-refractivity contribution in [2.45, 2.75) is 52.1 Å². The van der Waals surface area contributed by atoms with Gasteiger partial charge in [-0.15, -0.1) is 0 Å². The van der Waals surface area contributed by atoms with Gasteiger partial charge in [-0.05, 0) is 24.5 Å². The van der Waals surface area contributed by atoms with Crippen molar-refractivity contribution >= 4 is 12.0 Å². The molecule has 0 unspecified atom stereocenters. The quantitative estimate of drug-likeness (QED) is 0.684. The first-order valence-electron chi connectivity index (χ1n) is 7.28. The number of rotatable bonds is 8. The van der Waals surface area contributed by atoms with Gasteiger partial charge in [0.25, 0.3) is 0 Å². The molecule has 0 aliphatic rings. The van der Waals surface area contributed by atoms with Gasteiger partial charge in [0.2, 0.25) is 0 Å². The summed E-state index contributed by atoms with van der Waals surface area (Å²) in [5.74, 6) is -1.01. The van der Waals surface area contributed by atoms with Gasteiger partial charge in [0.05, 0.1) is 12.2 Å².